The van der Waals surface area contributed by atoms with Crippen molar-refractivity contribution in [1.29, 1.82) is 5.26 Å². The number of hydrogen-bond acceptors (Lipinski definition) is 6. The average Bonchev–Trinajstić information content (AvgIpc) is 3.00. The van der Waals surface area contributed by atoms with Gasteiger partial charge in [0.05, 0.1) is 5.69 Å². The minimum absolute atomic E-state index is 0.0353. The summed E-state index contributed by atoms with van der Waals surface area (Å²) in [4.78, 5) is 8.01. The Hall–Kier alpha value is -2.34. The highest BCUT2D eigenvalue weighted by atomic mass is 32.2. The van der Waals surface area contributed by atoms with E-state index in [-0.39, 0.29) is 22.9 Å². The van der Waals surface area contributed by atoms with Crippen LogP contribution in [0, 0.1) is 11.5 Å². The number of nitriles is 1. The molecule has 9 heteroatoms. The molecule has 1 heterocycles. The van der Waals surface area contributed by atoms with Gasteiger partial charge in [0.1, 0.15) is 4.90 Å². The standard InChI is InChI=1S/C15H22N6O2S/c1-11(2)19-15(18-10-16)21-24(22,23)14-9-17-8-7-13(14)20-12-5-3-4-6-12/h7-9,11-12H,3-6H2,1-2H3,(H,17,20)(H2,18,19,21). The summed E-state index contributed by atoms with van der Waals surface area (Å²) >= 11 is 0. The molecule has 1 aromatic heterocycles. The maximum absolute atomic E-state index is 12.7. The van der Waals surface area contributed by atoms with Gasteiger partial charge in [0.25, 0.3) is 10.0 Å². The highest BCUT2D eigenvalue weighted by Gasteiger charge is 2.23. The van der Waals surface area contributed by atoms with Crippen molar-refractivity contribution in [3.8, 4) is 6.19 Å². The molecule has 130 valence electrons. The number of guanidine groups is 1. The van der Waals surface area contributed by atoms with Crippen LogP contribution in [0.15, 0.2) is 28.3 Å². The van der Waals surface area contributed by atoms with E-state index in [1.807, 2.05) is 0 Å². The Morgan fingerprint density at radius 2 is 2.12 bits per heavy atom. The van der Waals surface area contributed by atoms with Crippen molar-refractivity contribution in [2.24, 2.45) is 4.99 Å². The van der Waals surface area contributed by atoms with E-state index in [9.17, 15) is 8.42 Å². The quantitative estimate of drug-likeness (QED) is 0.321. The summed E-state index contributed by atoms with van der Waals surface area (Å²) in [6.07, 6.45) is 8.84. The minimum Gasteiger partial charge on any atom is -0.381 e. The molecule has 0 spiro atoms. The molecule has 0 atom stereocenters. The Morgan fingerprint density at radius 1 is 1.42 bits per heavy atom. The van der Waals surface area contributed by atoms with Gasteiger partial charge in [-0.25, -0.2) is 18.1 Å². The van der Waals surface area contributed by atoms with E-state index in [1.54, 1.807) is 32.3 Å². The third kappa shape index (κ3) is 4.83. The third-order valence-electron chi connectivity index (χ3n) is 3.58. The van der Waals surface area contributed by atoms with Crippen molar-refractivity contribution < 1.29 is 8.42 Å². The summed E-state index contributed by atoms with van der Waals surface area (Å²) in [6.45, 7) is 3.56. The molecule has 8 nitrogen and oxygen atoms in total. The number of anilines is 1. The fraction of sp³-hybridized carbons (Fsp3) is 0.533. The first kappa shape index (κ1) is 18.0. The fourth-order valence-corrected chi connectivity index (χ4v) is 3.67. The molecule has 1 aliphatic carbocycles. The van der Waals surface area contributed by atoms with Gasteiger partial charge < -0.3 is 5.32 Å². The van der Waals surface area contributed by atoms with E-state index in [0.29, 0.717) is 5.69 Å². The Morgan fingerprint density at radius 3 is 2.75 bits per heavy atom. The molecule has 0 radical (unpaired) electrons. The summed E-state index contributed by atoms with van der Waals surface area (Å²) in [5, 5.41) is 14.3. The molecule has 0 bridgehead atoms. The van der Waals surface area contributed by atoms with Crippen LogP contribution in [0.2, 0.25) is 0 Å². The summed E-state index contributed by atoms with van der Waals surface area (Å²) in [7, 11) is -3.92. The Bertz CT molecular complexity index is 733. The Balaban J connectivity index is 2.26. The van der Waals surface area contributed by atoms with Gasteiger partial charge >= 0.3 is 0 Å². The van der Waals surface area contributed by atoms with Crippen molar-refractivity contribution in [2.45, 2.75) is 56.5 Å². The second-order valence-electron chi connectivity index (χ2n) is 5.91. The second-order valence-corrected chi connectivity index (χ2v) is 7.56. The van der Waals surface area contributed by atoms with Crippen molar-refractivity contribution in [3.63, 3.8) is 0 Å². The minimum atomic E-state index is -3.92. The highest BCUT2D eigenvalue weighted by molar-refractivity contribution is 7.90. The van der Waals surface area contributed by atoms with Gasteiger partial charge in [-0.1, -0.05) is 12.8 Å². The zero-order valence-corrected chi connectivity index (χ0v) is 14.6. The fourth-order valence-electron chi connectivity index (χ4n) is 2.58. The molecule has 1 aliphatic rings. The van der Waals surface area contributed by atoms with Crippen LogP contribution in [-0.4, -0.2) is 31.4 Å². The van der Waals surface area contributed by atoms with Crippen LogP contribution < -0.4 is 15.4 Å². The van der Waals surface area contributed by atoms with Crippen LogP contribution in [-0.2, 0) is 10.0 Å². The van der Waals surface area contributed by atoms with Crippen LogP contribution in [0.1, 0.15) is 39.5 Å². The van der Waals surface area contributed by atoms with Crippen LogP contribution >= 0.6 is 0 Å². The largest absolute Gasteiger partial charge is 0.381 e. The zero-order chi connectivity index (χ0) is 17.6. The number of nitrogens with zero attached hydrogens (tertiary/aromatic N) is 3. The Labute approximate surface area is 142 Å². The van der Waals surface area contributed by atoms with Gasteiger partial charge in [0.15, 0.2) is 6.19 Å². The zero-order valence-electron chi connectivity index (χ0n) is 13.8. The van der Waals surface area contributed by atoms with Gasteiger partial charge in [-0.2, -0.15) is 5.26 Å². The molecular formula is C15H22N6O2S. The number of aromatic nitrogens is 1. The average molecular weight is 350 g/mol. The van der Waals surface area contributed by atoms with E-state index in [1.165, 1.54) is 6.20 Å². The first-order chi connectivity index (χ1) is 11.4. The SMILES string of the molecule is CC(C)N=C(NC#N)NS(=O)(=O)c1cnccc1NC1CCCC1. The lowest BCUT2D eigenvalue weighted by molar-refractivity contribution is 0.591. The van der Waals surface area contributed by atoms with Crippen molar-refractivity contribution in [2.75, 3.05) is 5.32 Å². The molecule has 1 fully saturated rings. The number of hydrogen-bond donors (Lipinski definition) is 3. The van der Waals surface area contributed by atoms with Crippen molar-refractivity contribution in [3.05, 3.63) is 18.5 Å². The summed E-state index contributed by atoms with van der Waals surface area (Å²) < 4.78 is 27.7. The first-order valence-electron chi connectivity index (χ1n) is 7.88. The molecule has 3 N–H and O–H groups in total. The first-order valence-corrected chi connectivity index (χ1v) is 9.37. The molecule has 24 heavy (non-hydrogen) atoms. The highest BCUT2D eigenvalue weighted by Crippen LogP contribution is 2.26. The molecule has 0 aliphatic heterocycles. The smallest absolute Gasteiger partial charge is 0.267 e. The maximum Gasteiger partial charge on any atom is 0.267 e. The van der Waals surface area contributed by atoms with E-state index in [2.05, 4.69) is 25.3 Å². The van der Waals surface area contributed by atoms with Gasteiger partial charge in [-0.15, -0.1) is 0 Å². The predicted octanol–water partition coefficient (Wildman–Crippen LogP) is 1.55. The molecule has 0 amide bonds. The van der Waals surface area contributed by atoms with Crippen molar-refractivity contribution in [1.82, 2.24) is 15.0 Å². The molecule has 1 saturated carbocycles. The lowest BCUT2D eigenvalue weighted by Gasteiger charge is -2.17. The molecular weight excluding hydrogens is 328 g/mol. The van der Waals surface area contributed by atoms with Gasteiger partial charge in [0.2, 0.25) is 5.96 Å². The molecule has 0 aromatic carbocycles. The molecule has 0 saturated heterocycles. The van der Waals surface area contributed by atoms with Gasteiger partial charge in [-0.05, 0) is 32.8 Å². The van der Waals surface area contributed by atoms with Crippen LogP contribution in [0.5, 0.6) is 0 Å². The number of rotatable bonds is 5. The summed E-state index contributed by atoms with van der Waals surface area (Å²) in [6, 6.07) is 1.74. The van der Waals surface area contributed by atoms with Crippen molar-refractivity contribution >= 4 is 21.7 Å². The monoisotopic (exact) mass is 350 g/mol. The summed E-state index contributed by atoms with van der Waals surface area (Å²) in [5.41, 5.74) is 0.505. The lowest BCUT2D eigenvalue weighted by atomic mass is 10.2. The number of nitrogens with one attached hydrogen (secondary N) is 3. The van der Waals surface area contributed by atoms with Crippen LogP contribution in [0.4, 0.5) is 5.69 Å². The molecule has 0 unspecified atom stereocenters. The second kappa shape index (κ2) is 7.97. The van der Waals surface area contributed by atoms with Gasteiger partial charge in [0, 0.05) is 24.5 Å². The maximum atomic E-state index is 12.7. The lowest BCUT2D eigenvalue weighted by Crippen LogP contribution is -2.39. The van der Waals surface area contributed by atoms with E-state index < -0.39 is 10.0 Å². The predicted molar refractivity (Wildman–Crippen MR) is 91.8 cm³/mol. The number of sulfonamides is 1. The van der Waals surface area contributed by atoms with Gasteiger partial charge in [-0.3, -0.25) is 10.3 Å². The molecule has 1 aromatic rings. The normalized spacial score (nSPS) is 16.0. The number of aliphatic imine (C=N–C) groups is 1. The van der Waals surface area contributed by atoms with E-state index in [4.69, 9.17) is 5.26 Å². The van der Waals surface area contributed by atoms with Crippen LogP contribution in [0.25, 0.3) is 0 Å². The van der Waals surface area contributed by atoms with Crippen LogP contribution in [0.3, 0.4) is 0 Å². The topological polar surface area (TPSA) is 119 Å². The summed E-state index contributed by atoms with van der Waals surface area (Å²) in [5.74, 6) is -0.108. The van der Waals surface area contributed by atoms with E-state index >= 15 is 0 Å². The Kier molecular flexibility index (Phi) is 5.98. The van der Waals surface area contributed by atoms with E-state index in [0.717, 1.165) is 25.7 Å². The third-order valence-corrected chi connectivity index (χ3v) is 4.95. The number of pyridine rings is 1. The molecule has 2 rings (SSSR count).